The minimum atomic E-state index is -1.55. The van der Waals surface area contributed by atoms with Crippen LogP contribution in [0.3, 0.4) is 0 Å². The van der Waals surface area contributed by atoms with Gasteiger partial charge in [0.25, 0.3) is 0 Å². The van der Waals surface area contributed by atoms with Gasteiger partial charge in [0.2, 0.25) is 47.3 Å². The smallest absolute Gasteiger partial charge is 0.326 e. The predicted octanol–water partition coefficient (Wildman–Crippen LogP) is -3.76. The topological polar surface area (TPSA) is 395 Å². The maximum absolute atomic E-state index is 14.5. The second-order valence-electron chi connectivity index (χ2n) is 18.8. The Bertz CT molecular complexity index is 2100. The Kier molecular flexibility index (Phi) is 21.3. The van der Waals surface area contributed by atoms with E-state index in [4.69, 9.17) is 17.2 Å². The van der Waals surface area contributed by atoms with Crippen molar-refractivity contribution < 1.29 is 63.6 Å². The van der Waals surface area contributed by atoms with Gasteiger partial charge in [0.1, 0.15) is 54.1 Å². The van der Waals surface area contributed by atoms with E-state index in [9.17, 15) is 63.6 Å². The van der Waals surface area contributed by atoms with E-state index in [1.54, 1.807) is 0 Å². The molecule has 394 valence electrons. The number of rotatable bonds is 24. The van der Waals surface area contributed by atoms with Gasteiger partial charge in [0.05, 0.1) is 18.8 Å². The molecule has 0 spiro atoms. The SMILES string of the molecule is CC(C)C[C@H](NC(=O)[C@H](Cc1ccc(O)cc1)NC(=O)[C@@H]1CCCN1C(=O)[C@H](CO)NC(=O)[C@H](CCCN=C(N)N)NC(=O)[C@H](C)N)C(=O)N1CCC[C@H]1C(=O)N[C@H](C(=O)N1CCC[C@H]1C(=O)O)[C@@H](C)O. The zero-order valence-electron chi connectivity index (χ0n) is 40.8. The number of likely N-dealkylation sites (tertiary alicyclic amines) is 3. The Morgan fingerprint density at radius 3 is 1.68 bits per heavy atom. The monoisotopic (exact) mass is 1000 g/mol. The average Bonchev–Trinajstić information content (AvgIpc) is 4.12. The molecule has 25 heteroatoms. The van der Waals surface area contributed by atoms with Gasteiger partial charge in [-0.2, -0.15) is 0 Å². The minimum absolute atomic E-state index is 0.0353. The maximum Gasteiger partial charge on any atom is 0.326 e. The molecule has 0 bridgehead atoms. The zero-order valence-corrected chi connectivity index (χ0v) is 40.8. The largest absolute Gasteiger partial charge is 0.508 e. The number of carboxylic acid groups (broad SMARTS) is 1. The van der Waals surface area contributed by atoms with Crippen molar-refractivity contribution >= 4 is 59.2 Å². The molecule has 0 unspecified atom stereocenters. The van der Waals surface area contributed by atoms with Crippen molar-refractivity contribution in [1.82, 2.24) is 41.3 Å². The summed E-state index contributed by atoms with van der Waals surface area (Å²) in [5, 5.41) is 53.6. The van der Waals surface area contributed by atoms with Gasteiger partial charge in [0, 0.05) is 32.6 Å². The van der Waals surface area contributed by atoms with Crippen LogP contribution in [-0.4, -0.2) is 188 Å². The lowest BCUT2D eigenvalue weighted by Crippen LogP contribution is -2.61. The van der Waals surface area contributed by atoms with Crippen molar-refractivity contribution in [2.24, 2.45) is 28.1 Å². The summed E-state index contributed by atoms with van der Waals surface area (Å²) >= 11 is 0. The van der Waals surface area contributed by atoms with Crippen LogP contribution in [0, 0.1) is 5.92 Å². The Labute approximate surface area is 412 Å². The van der Waals surface area contributed by atoms with Crippen LogP contribution in [0.1, 0.15) is 91.0 Å². The number of hydrogen-bond donors (Lipinski definition) is 12. The number of guanidine groups is 1. The third kappa shape index (κ3) is 16.0. The number of aromatic hydroxyl groups is 1. The van der Waals surface area contributed by atoms with E-state index in [1.807, 2.05) is 13.8 Å². The molecule has 25 nitrogen and oxygen atoms in total. The van der Waals surface area contributed by atoms with Crippen LogP contribution >= 0.6 is 0 Å². The summed E-state index contributed by atoms with van der Waals surface area (Å²) in [6, 6.07) is -5.38. The van der Waals surface area contributed by atoms with Crippen LogP contribution in [0.25, 0.3) is 0 Å². The number of benzene rings is 1. The summed E-state index contributed by atoms with van der Waals surface area (Å²) in [5.74, 6) is -7.60. The first-order valence-electron chi connectivity index (χ1n) is 24.1. The zero-order chi connectivity index (χ0) is 52.7. The number of aliphatic hydroxyl groups excluding tert-OH is 2. The highest BCUT2D eigenvalue weighted by molar-refractivity contribution is 5.98. The summed E-state index contributed by atoms with van der Waals surface area (Å²) in [6.45, 7) is 5.86. The van der Waals surface area contributed by atoms with E-state index in [-0.39, 0.29) is 88.8 Å². The number of nitrogens with one attached hydrogen (secondary N) is 5. The number of carbonyl (C=O) groups is 9. The van der Waals surface area contributed by atoms with Gasteiger partial charge in [0.15, 0.2) is 5.96 Å². The fraction of sp³-hybridized carbons (Fsp3) is 0.652. The van der Waals surface area contributed by atoms with Gasteiger partial charge in [-0.25, -0.2) is 4.79 Å². The minimum Gasteiger partial charge on any atom is -0.508 e. The second-order valence-corrected chi connectivity index (χ2v) is 18.8. The van der Waals surface area contributed by atoms with Crippen LogP contribution in [0.4, 0.5) is 0 Å². The molecular formula is C46H72N12O13. The molecule has 8 amide bonds. The highest BCUT2D eigenvalue weighted by Gasteiger charge is 2.44. The number of phenols is 1. The van der Waals surface area contributed by atoms with E-state index >= 15 is 0 Å². The van der Waals surface area contributed by atoms with Gasteiger partial charge in [-0.3, -0.25) is 43.3 Å². The molecule has 0 radical (unpaired) electrons. The van der Waals surface area contributed by atoms with E-state index in [2.05, 4.69) is 31.6 Å². The fourth-order valence-corrected chi connectivity index (χ4v) is 8.95. The molecule has 0 aliphatic carbocycles. The molecule has 1 aromatic carbocycles. The van der Waals surface area contributed by atoms with Crippen molar-refractivity contribution in [1.29, 1.82) is 0 Å². The van der Waals surface area contributed by atoms with E-state index in [0.717, 1.165) is 4.90 Å². The molecule has 3 heterocycles. The van der Waals surface area contributed by atoms with E-state index in [1.165, 1.54) is 47.9 Å². The Morgan fingerprint density at radius 2 is 1.17 bits per heavy atom. The van der Waals surface area contributed by atoms with Crippen molar-refractivity contribution in [3.63, 3.8) is 0 Å². The number of carboxylic acids is 1. The maximum atomic E-state index is 14.5. The van der Waals surface area contributed by atoms with Gasteiger partial charge >= 0.3 is 5.97 Å². The molecule has 15 N–H and O–H groups in total. The molecule has 0 saturated carbocycles. The van der Waals surface area contributed by atoms with Crippen LogP contribution < -0.4 is 43.8 Å². The van der Waals surface area contributed by atoms with Gasteiger partial charge < -0.3 is 78.9 Å². The number of amides is 8. The van der Waals surface area contributed by atoms with Crippen molar-refractivity contribution in [3.8, 4) is 5.75 Å². The summed E-state index contributed by atoms with van der Waals surface area (Å²) < 4.78 is 0. The molecule has 3 aliphatic rings. The van der Waals surface area contributed by atoms with Crippen LogP contribution in [0.5, 0.6) is 5.75 Å². The number of nitrogens with two attached hydrogens (primary N) is 3. The quantitative estimate of drug-likeness (QED) is 0.0269. The second kappa shape index (κ2) is 26.6. The lowest BCUT2D eigenvalue weighted by molar-refractivity contribution is -0.151. The number of phenolic OH excluding ortho intramolecular Hbond substituents is 1. The van der Waals surface area contributed by atoms with Crippen molar-refractivity contribution in [2.45, 2.75) is 152 Å². The lowest BCUT2D eigenvalue weighted by atomic mass is 10.00. The molecule has 71 heavy (non-hydrogen) atoms. The normalized spacial score (nSPS) is 20.7. The third-order valence-electron chi connectivity index (χ3n) is 12.7. The first-order chi connectivity index (χ1) is 33.5. The third-order valence-corrected chi connectivity index (χ3v) is 12.7. The Hall–Kier alpha value is -6.60. The molecule has 4 rings (SSSR count). The summed E-state index contributed by atoms with van der Waals surface area (Å²) in [7, 11) is 0. The number of aliphatic hydroxyl groups is 2. The van der Waals surface area contributed by atoms with Crippen molar-refractivity contribution in [2.75, 3.05) is 32.8 Å². The highest BCUT2D eigenvalue weighted by atomic mass is 16.4. The molecule has 3 aliphatic heterocycles. The molecule has 3 fully saturated rings. The van der Waals surface area contributed by atoms with E-state index in [0.29, 0.717) is 24.8 Å². The Balaban J connectivity index is 1.53. The van der Waals surface area contributed by atoms with Gasteiger partial charge in [-0.15, -0.1) is 0 Å². The first-order valence-corrected chi connectivity index (χ1v) is 24.1. The standard InChI is InChI=1S/C46H72N12O13/c1-24(2)21-31(42(67)56-18-7-11-34(56)41(66)55-36(26(4)60)44(69)58-20-8-12-35(58)45(70)71)53-39(64)30(22-27-13-15-28(61)16-14-27)52-40(65)33-10-6-19-57(33)43(68)32(23-59)54-38(63)29(51-37(62)25(3)47)9-5-17-50-46(48)49/h13-16,24-26,29-36,59-61H,5-12,17-23,47H2,1-4H3,(H,51,62)(H,52,65)(H,53,64)(H,54,63)(H,55,66)(H,70,71)(H4,48,49,50)/t25-,26+,29-,30-,31-,32-,33-,34-,35-,36-/m0/s1. The summed E-state index contributed by atoms with van der Waals surface area (Å²) in [4.78, 5) is 130. The predicted molar refractivity (Wildman–Crippen MR) is 255 cm³/mol. The first kappa shape index (κ1) is 57.0. The highest BCUT2D eigenvalue weighted by Crippen LogP contribution is 2.24. The summed E-state index contributed by atoms with van der Waals surface area (Å²) in [5.41, 5.74) is 17.0. The molecule has 3 saturated heterocycles. The number of hydrogen-bond acceptors (Lipinski definition) is 14. The van der Waals surface area contributed by atoms with Crippen LogP contribution in [0.2, 0.25) is 0 Å². The van der Waals surface area contributed by atoms with Crippen molar-refractivity contribution in [3.05, 3.63) is 29.8 Å². The number of carbonyl (C=O) groups excluding carboxylic acids is 8. The molecule has 10 atom stereocenters. The molecule has 0 aromatic heterocycles. The summed E-state index contributed by atoms with van der Waals surface area (Å²) in [6.07, 6.45) is 0.511. The van der Waals surface area contributed by atoms with Crippen LogP contribution in [-0.2, 0) is 49.6 Å². The molecular weight excluding hydrogens is 929 g/mol. The number of nitrogens with zero attached hydrogens (tertiary/aromatic N) is 4. The number of aliphatic carboxylic acids is 1. The van der Waals surface area contributed by atoms with Gasteiger partial charge in [-0.05, 0) is 95.2 Å². The van der Waals surface area contributed by atoms with E-state index < -0.39 is 120 Å². The molecule has 1 aromatic rings. The Morgan fingerprint density at radius 1 is 0.676 bits per heavy atom. The average molecular weight is 1000 g/mol. The number of aliphatic imine (C=N–C) groups is 1. The fourth-order valence-electron chi connectivity index (χ4n) is 8.95. The van der Waals surface area contributed by atoms with Crippen LogP contribution in [0.15, 0.2) is 29.3 Å². The van der Waals surface area contributed by atoms with Gasteiger partial charge in [-0.1, -0.05) is 26.0 Å². The lowest BCUT2D eigenvalue weighted by Gasteiger charge is -2.33.